The summed E-state index contributed by atoms with van der Waals surface area (Å²) in [4.78, 5) is 8.33. The van der Waals surface area contributed by atoms with Crippen molar-refractivity contribution < 1.29 is 4.39 Å². The Labute approximate surface area is 118 Å². The van der Waals surface area contributed by atoms with Gasteiger partial charge in [0.1, 0.15) is 5.82 Å². The Hall–Kier alpha value is -1.82. The van der Waals surface area contributed by atoms with E-state index in [0.717, 1.165) is 15.9 Å². The smallest absolute Gasteiger partial charge is 0.243 e. The van der Waals surface area contributed by atoms with Gasteiger partial charge in [-0.3, -0.25) is 0 Å². The molecule has 0 aliphatic heterocycles. The maximum absolute atomic E-state index is 13.5. The van der Waals surface area contributed by atoms with E-state index in [1.54, 1.807) is 12.1 Å². The molecule has 0 bridgehead atoms. The summed E-state index contributed by atoms with van der Waals surface area (Å²) < 4.78 is 14.2. The molecule has 19 heavy (non-hydrogen) atoms. The molecule has 0 aliphatic rings. The average Bonchev–Trinajstić information content (AvgIpc) is 2.32. The van der Waals surface area contributed by atoms with Crippen LogP contribution in [0.5, 0.6) is 0 Å². The maximum Gasteiger partial charge on any atom is 0.243 e. The first-order valence-corrected chi connectivity index (χ1v) is 6.40. The van der Waals surface area contributed by atoms with Gasteiger partial charge in [0.2, 0.25) is 5.95 Å². The molecule has 0 saturated carbocycles. The molecule has 0 radical (unpaired) electrons. The molecule has 0 spiro atoms. The Balaban J connectivity index is 2.13. The summed E-state index contributed by atoms with van der Waals surface area (Å²) in [5.41, 5.74) is 4.76. The molecule has 2 aromatic rings. The van der Waals surface area contributed by atoms with E-state index < -0.39 is 0 Å². The van der Waals surface area contributed by atoms with E-state index in [0.29, 0.717) is 11.5 Å². The van der Waals surface area contributed by atoms with E-state index in [9.17, 15) is 4.39 Å². The van der Waals surface area contributed by atoms with Crippen LogP contribution < -0.4 is 5.43 Å². The molecule has 0 fully saturated rings. The van der Waals surface area contributed by atoms with E-state index >= 15 is 0 Å². The summed E-state index contributed by atoms with van der Waals surface area (Å²) in [5.74, 6) is 0.0549. The molecule has 2 rings (SSSR count). The van der Waals surface area contributed by atoms with Gasteiger partial charge >= 0.3 is 0 Å². The van der Waals surface area contributed by atoms with Crippen LogP contribution in [0.15, 0.2) is 33.8 Å². The summed E-state index contributed by atoms with van der Waals surface area (Å²) in [6.45, 7) is 3.75. The van der Waals surface area contributed by atoms with E-state index in [-0.39, 0.29) is 5.82 Å². The largest absolute Gasteiger partial charge is 0.245 e. The number of rotatable bonds is 3. The van der Waals surface area contributed by atoms with Crippen LogP contribution in [0.3, 0.4) is 0 Å². The zero-order valence-corrected chi connectivity index (χ0v) is 12.1. The number of nitrogens with zero attached hydrogens (tertiary/aromatic N) is 3. The van der Waals surface area contributed by atoms with E-state index in [2.05, 4.69) is 36.4 Å². The number of nitrogens with one attached hydrogen (secondary N) is 1. The van der Waals surface area contributed by atoms with Crippen LogP contribution in [0.1, 0.15) is 17.0 Å². The predicted molar refractivity (Wildman–Crippen MR) is 76.8 cm³/mol. The number of benzene rings is 1. The standard InChI is InChI=1S/C13H12BrFN4/c1-8-5-9(2)18-13(17-8)19-16-7-10-6-11(14)3-4-12(10)15/h3-7H,1-2H3,(H,17,18,19)/b16-7+. The van der Waals surface area contributed by atoms with Gasteiger partial charge in [-0.2, -0.15) is 5.10 Å². The van der Waals surface area contributed by atoms with Gasteiger partial charge in [0.15, 0.2) is 0 Å². The van der Waals surface area contributed by atoms with Gasteiger partial charge in [0, 0.05) is 21.4 Å². The van der Waals surface area contributed by atoms with Crippen LogP contribution in [0.2, 0.25) is 0 Å². The monoisotopic (exact) mass is 322 g/mol. The van der Waals surface area contributed by atoms with E-state index in [4.69, 9.17) is 0 Å². The Morgan fingerprint density at radius 2 is 1.89 bits per heavy atom. The van der Waals surface area contributed by atoms with Crippen LogP contribution in [0.4, 0.5) is 10.3 Å². The first-order valence-electron chi connectivity index (χ1n) is 5.61. The number of hydrazone groups is 1. The molecule has 1 heterocycles. The molecule has 4 nitrogen and oxygen atoms in total. The molecule has 1 aromatic carbocycles. The van der Waals surface area contributed by atoms with Gasteiger partial charge < -0.3 is 0 Å². The lowest BCUT2D eigenvalue weighted by atomic mass is 10.2. The third-order valence-corrected chi connectivity index (χ3v) is 2.80. The van der Waals surface area contributed by atoms with Crippen molar-refractivity contribution in [2.75, 3.05) is 5.43 Å². The van der Waals surface area contributed by atoms with Crippen LogP contribution in [0.25, 0.3) is 0 Å². The first kappa shape index (κ1) is 13.6. The predicted octanol–water partition coefficient (Wildman–Crippen LogP) is 3.44. The molecule has 0 saturated heterocycles. The molecule has 98 valence electrons. The summed E-state index contributed by atoms with van der Waals surface area (Å²) in [6.07, 6.45) is 1.39. The normalized spacial score (nSPS) is 10.9. The molecule has 0 amide bonds. The molecular formula is C13H12BrFN4. The Morgan fingerprint density at radius 3 is 2.58 bits per heavy atom. The van der Waals surface area contributed by atoms with Crippen LogP contribution in [0, 0.1) is 19.7 Å². The third-order valence-electron chi connectivity index (χ3n) is 2.31. The van der Waals surface area contributed by atoms with Crippen molar-refractivity contribution in [2.45, 2.75) is 13.8 Å². The van der Waals surface area contributed by atoms with Crippen molar-refractivity contribution in [3.8, 4) is 0 Å². The molecule has 6 heteroatoms. The average molecular weight is 323 g/mol. The number of aryl methyl sites for hydroxylation is 2. The molecule has 0 unspecified atom stereocenters. The molecule has 0 aliphatic carbocycles. The Kier molecular flexibility index (Phi) is 4.21. The lowest BCUT2D eigenvalue weighted by Crippen LogP contribution is -2.00. The van der Waals surface area contributed by atoms with E-state index in [1.165, 1.54) is 12.3 Å². The number of aromatic nitrogens is 2. The Bertz CT molecular complexity index is 608. The minimum atomic E-state index is -0.338. The van der Waals surface area contributed by atoms with Gasteiger partial charge in [0.05, 0.1) is 6.21 Å². The minimum Gasteiger partial charge on any atom is -0.245 e. The van der Waals surface area contributed by atoms with Crippen molar-refractivity contribution in [3.63, 3.8) is 0 Å². The number of hydrogen-bond acceptors (Lipinski definition) is 4. The highest BCUT2D eigenvalue weighted by Gasteiger charge is 2.00. The molecule has 1 aromatic heterocycles. The summed E-state index contributed by atoms with van der Waals surface area (Å²) in [6, 6.07) is 6.51. The SMILES string of the molecule is Cc1cc(C)nc(N/N=C/c2cc(Br)ccc2F)n1. The quantitative estimate of drug-likeness (QED) is 0.695. The lowest BCUT2D eigenvalue weighted by molar-refractivity contribution is 0.625. The lowest BCUT2D eigenvalue weighted by Gasteiger charge is -2.02. The van der Waals surface area contributed by atoms with Crippen molar-refractivity contribution in [3.05, 3.63) is 51.5 Å². The second-order valence-electron chi connectivity index (χ2n) is 4.01. The van der Waals surface area contributed by atoms with Crippen LogP contribution >= 0.6 is 15.9 Å². The van der Waals surface area contributed by atoms with E-state index in [1.807, 2.05) is 19.9 Å². The summed E-state index contributed by atoms with van der Waals surface area (Å²) >= 11 is 3.28. The summed E-state index contributed by atoms with van der Waals surface area (Å²) in [7, 11) is 0. The van der Waals surface area contributed by atoms with Crippen LogP contribution in [-0.4, -0.2) is 16.2 Å². The maximum atomic E-state index is 13.5. The second kappa shape index (κ2) is 5.88. The van der Waals surface area contributed by atoms with Crippen molar-refractivity contribution in [1.29, 1.82) is 0 Å². The van der Waals surface area contributed by atoms with Crippen molar-refractivity contribution in [1.82, 2.24) is 9.97 Å². The minimum absolute atomic E-state index is 0.338. The highest BCUT2D eigenvalue weighted by molar-refractivity contribution is 9.10. The first-order chi connectivity index (χ1) is 9.04. The van der Waals surface area contributed by atoms with Gasteiger partial charge in [0.25, 0.3) is 0 Å². The second-order valence-corrected chi connectivity index (χ2v) is 4.93. The number of anilines is 1. The van der Waals surface area contributed by atoms with Gasteiger partial charge in [-0.15, -0.1) is 0 Å². The van der Waals surface area contributed by atoms with Gasteiger partial charge in [-0.1, -0.05) is 15.9 Å². The highest BCUT2D eigenvalue weighted by Crippen LogP contribution is 2.14. The molecule has 0 atom stereocenters. The van der Waals surface area contributed by atoms with Gasteiger partial charge in [-0.05, 0) is 38.1 Å². The molecule has 1 N–H and O–H groups in total. The van der Waals surface area contributed by atoms with Crippen LogP contribution in [-0.2, 0) is 0 Å². The summed E-state index contributed by atoms with van der Waals surface area (Å²) in [5, 5.41) is 3.94. The Morgan fingerprint density at radius 1 is 1.21 bits per heavy atom. The zero-order valence-electron chi connectivity index (χ0n) is 10.5. The number of halogens is 2. The fraction of sp³-hybridized carbons (Fsp3) is 0.154. The fourth-order valence-electron chi connectivity index (χ4n) is 1.55. The highest BCUT2D eigenvalue weighted by atomic mass is 79.9. The zero-order chi connectivity index (χ0) is 13.8. The van der Waals surface area contributed by atoms with Crippen molar-refractivity contribution in [2.24, 2.45) is 5.10 Å². The number of hydrogen-bond donors (Lipinski definition) is 1. The van der Waals surface area contributed by atoms with Crippen molar-refractivity contribution >= 4 is 28.1 Å². The topological polar surface area (TPSA) is 50.2 Å². The van der Waals surface area contributed by atoms with Gasteiger partial charge in [-0.25, -0.2) is 19.8 Å². The fourth-order valence-corrected chi connectivity index (χ4v) is 1.93. The third kappa shape index (κ3) is 3.82. The molecular weight excluding hydrogens is 311 g/mol.